The third kappa shape index (κ3) is 3.71. The van der Waals surface area contributed by atoms with Crippen molar-refractivity contribution in [2.45, 2.75) is 50.7 Å². The maximum absolute atomic E-state index is 12.2. The summed E-state index contributed by atoms with van der Waals surface area (Å²) in [6, 6.07) is 0. The minimum absolute atomic E-state index is 0.139. The first-order valence-corrected chi connectivity index (χ1v) is 7.75. The SMILES string of the molecule is CCOC(=O)C1(NC)CCCC(OCC2CCOC2)C1. The summed E-state index contributed by atoms with van der Waals surface area (Å²) in [7, 11) is 1.84. The van der Waals surface area contributed by atoms with Crippen LogP contribution in [0.1, 0.15) is 39.0 Å². The van der Waals surface area contributed by atoms with Gasteiger partial charge in [0.1, 0.15) is 5.54 Å². The van der Waals surface area contributed by atoms with Crippen LogP contribution in [0.25, 0.3) is 0 Å². The highest BCUT2D eigenvalue weighted by Crippen LogP contribution is 2.31. The second-order valence-corrected chi connectivity index (χ2v) is 5.83. The first kappa shape index (κ1) is 15.7. The summed E-state index contributed by atoms with van der Waals surface area (Å²) in [5.41, 5.74) is -0.564. The van der Waals surface area contributed by atoms with Crippen molar-refractivity contribution >= 4 is 5.97 Å². The van der Waals surface area contributed by atoms with Crippen molar-refractivity contribution in [3.8, 4) is 0 Å². The third-order valence-electron chi connectivity index (χ3n) is 4.44. The van der Waals surface area contributed by atoms with Gasteiger partial charge in [-0.2, -0.15) is 0 Å². The van der Waals surface area contributed by atoms with E-state index >= 15 is 0 Å². The molecule has 0 spiro atoms. The van der Waals surface area contributed by atoms with Crippen molar-refractivity contribution in [2.75, 3.05) is 33.5 Å². The van der Waals surface area contributed by atoms with Gasteiger partial charge in [0, 0.05) is 18.9 Å². The summed E-state index contributed by atoms with van der Waals surface area (Å²) in [5.74, 6) is 0.378. The molecular weight excluding hydrogens is 258 g/mol. The van der Waals surface area contributed by atoms with Crippen LogP contribution in [0.2, 0.25) is 0 Å². The van der Waals surface area contributed by atoms with Crippen LogP contribution in [0.3, 0.4) is 0 Å². The summed E-state index contributed by atoms with van der Waals surface area (Å²) in [4.78, 5) is 12.2. The Kier molecular flexibility index (Phi) is 5.81. The van der Waals surface area contributed by atoms with Crippen LogP contribution in [-0.2, 0) is 19.0 Å². The summed E-state index contributed by atoms with van der Waals surface area (Å²) >= 11 is 0. The molecule has 0 aromatic rings. The summed E-state index contributed by atoms with van der Waals surface area (Å²) in [5, 5.41) is 3.18. The van der Waals surface area contributed by atoms with Gasteiger partial charge in [-0.25, -0.2) is 0 Å². The van der Waals surface area contributed by atoms with E-state index in [-0.39, 0.29) is 12.1 Å². The second kappa shape index (κ2) is 7.38. The normalized spacial score (nSPS) is 34.1. The quantitative estimate of drug-likeness (QED) is 0.750. The van der Waals surface area contributed by atoms with Gasteiger partial charge in [-0.1, -0.05) is 0 Å². The zero-order valence-corrected chi connectivity index (χ0v) is 12.7. The number of rotatable bonds is 6. The van der Waals surface area contributed by atoms with Crippen LogP contribution in [0.4, 0.5) is 0 Å². The number of hydrogen-bond donors (Lipinski definition) is 1. The van der Waals surface area contributed by atoms with Gasteiger partial charge >= 0.3 is 5.97 Å². The molecule has 2 fully saturated rings. The van der Waals surface area contributed by atoms with Crippen LogP contribution in [0.5, 0.6) is 0 Å². The zero-order valence-electron chi connectivity index (χ0n) is 12.7. The molecule has 5 heteroatoms. The molecule has 3 unspecified atom stereocenters. The van der Waals surface area contributed by atoms with Gasteiger partial charge in [-0.15, -0.1) is 0 Å². The molecular formula is C15H27NO4. The van der Waals surface area contributed by atoms with E-state index in [0.29, 0.717) is 18.9 Å². The molecule has 0 amide bonds. The molecule has 116 valence electrons. The topological polar surface area (TPSA) is 56.8 Å². The van der Waals surface area contributed by atoms with E-state index in [9.17, 15) is 4.79 Å². The highest BCUT2D eigenvalue weighted by molar-refractivity contribution is 5.81. The predicted molar refractivity (Wildman–Crippen MR) is 75.6 cm³/mol. The maximum atomic E-state index is 12.2. The highest BCUT2D eigenvalue weighted by Gasteiger charge is 2.43. The lowest BCUT2D eigenvalue weighted by molar-refractivity contribution is -0.155. The molecule has 20 heavy (non-hydrogen) atoms. The van der Waals surface area contributed by atoms with Gasteiger partial charge in [0.15, 0.2) is 0 Å². The smallest absolute Gasteiger partial charge is 0.326 e. The first-order chi connectivity index (χ1) is 9.70. The number of likely N-dealkylation sites (N-methyl/N-ethyl adjacent to an activating group) is 1. The summed E-state index contributed by atoms with van der Waals surface area (Å²) in [6.45, 7) is 4.67. The molecule has 0 radical (unpaired) electrons. The molecule has 1 N–H and O–H groups in total. The largest absolute Gasteiger partial charge is 0.465 e. The van der Waals surface area contributed by atoms with Crippen molar-refractivity contribution < 1.29 is 19.0 Å². The molecule has 2 aliphatic rings. The molecule has 5 nitrogen and oxygen atoms in total. The van der Waals surface area contributed by atoms with Crippen LogP contribution in [-0.4, -0.2) is 51.1 Å². The Morgan fingerprint density at radius 1 is 1.45 bits per heavy atom. The summed E-state index contributed by atoms with van der Waals surface area (Å²) in [6.07, 6.45) is 4.77. The molecule has 0 aromatic carbocycles. The van der Waals surface area contributed by atoms with E-state index in [1.165, 1.54) is 0 Å². The lowest BCUT2D eigenvalue weighted by Crippen LogP contribution is -2.55. The van der Waals surface area contributed by atoms with Crippen LogP contribution < -0.4 is 5.32 Å². The minimum atomic E-state index is -0.564. The number of carbonyl (C=O) groups is 1. The Hall–Kier alpha value is -0.650. The molecule has 1 saturated heterocycles. The fourth-order valence-corrected chi connectivity index (χ4v) is 3.14. The fraction of sp³-hybridized carbons (Fsp3) is 0.933. The zero-order chi connectivity index (χ0) is 14.4. The number of ether oxygens (including phenoxy) is 3. The predicted octanol–water partition coefficient (Wildman–Crippen LogP) is 1.50. The average Bonchev–Trinajstić information content (AvgIpc) is 2.99. The van der Waals surface area contributed by atoms with Crippen LogP contribution in [0.15, 0.2) is 0 Å². The van der Waals surface area contributed by atoms with Crippen molar-refractivity contribution in [3.05, 3.63) is 0 Å². The number of carbonyl (C=O) groups excluding carboxylic acids is 1. The van der Waals surface area contributed by atoms with Gasteiger partial charge in [0.05, 0.1) is 25.9 Å². The number of nitrogens with one attached hydrogen (secondary N) is 1. The molecule has 1 aliphatic heterocycles. The third-order valence-corrected chi connectivity index (χ3v) is 4.44. The van der Waals surface area contributed by atoms with Crippen molar-refractivity contribution in [1.82, 2.24) is 5.32 Å². The Balaban J connectivity index is 1.86. The lowest BCUT2D eigenvalue weighted by atomic mass is 9.80. The van der Waals surface area contributed by atoms with E-state index in [1.54, 1.807) is 0 Å². The lowest BCUT2D eigenvalue weighted by Gasteiger charge is -2.38. The molecule has 1 heterocycles. The van der Waals surface area contributed by atoms with Gasteiger partial charge in [-0.05, 0) is 39.7 Å². The van der Waals surface area contributed by atoms with E-state index in [4.69, 9.17) is 14.2 Å². The standard InChI is InChI=1S/C15H27NO4/c1-3-19-14(17)15(16-2)7-4-5-13(9-15)20-11-12-6-8-18-10-12/h12-13,16H,3-11H2,1-2H3. The average molecular weight is 285 g/mol. The Morgan fingerprint density at radius 2 is 2.30 bits per heavy atom. The molecule has 3 atom stereocenters. The van der Waals surface area contributed by atoms with Crippen molar-refractivity contribution in [2.24, 2.45) is 5.92 Å². The van der Waals surface area contributed by atoms with E-state index in [2.05, 4.69) is 5.32 Å². The Bertz CT molecular complexity index is 317. The molecule has 0 aromatic heterocycles. The second-order valence-electron chi connectivity index (χ2n) is 5.83. The minimum Gasteiger partial charge on any atom is -0.465 e. The first-order valence-electron chi connectivity index (χ1n) is 7.75. The van der Waals surface area contributed by atoms with E-state index < -0.39 is 5.54 Å². The molecule has 1 saturated carbocycles. The van der Waals surface area contributed by atoms with E-state index in [0.717, 1.165) is 45.5 Å². The molecule has 1 aliphatic carbocycles. The van der Waals surface area contributed by atoms with E-state index in [1.807, 2.05) is 14.0 Å². The number of esters is 1. The van der Waals surface area contributed by atoms with Gasteiger partial charge in [0.25, 0.3) is 0 Å². The summed E-state index contributed by atoms with van der Waals surface area (Å²) < 4.78 is 16.6. The Labute approximate surface area is 121 Å². The van der Waals surface area contributed by atoms with Gasteiger partial charge in [0.2, 0.25) is 0 Å². The molecule has 2 rings (SSSR count). The van der Waals surface area contributed by atoms with Crippen molar-refractivity contribution in [1.29, 1.82) is 0 Å². The number of hydrogen-bond acceptors (Lipinski definition) is 5. The highest BCUT2D eigenvalue weighted by atomic mass is 16.5. The van der Waals surface area contributed by atoms with Gasteiger partial charge in [-0.3, -0.25) is 4.79 Å². The molecule has 0 bridgehead atoms. The van der Waals surface area contributed by atoms with Crippen LogP contribution >= 0.6 is 0 Å². The monoisotopic (exact) mass is 285 g/mol. The van der Waals surface area contributed by atoms with Gasteiger partial charge < -0.3 is 19.5 Å². The Morgan fingerprint density at radius 3 is 2.95 bits per heavy atom. The fourth-order valence-electron chi connectivity index (χ4n) is 3.14. The maximum Gasteiger partial charge on any atom is 0.326 e. The van der Waals surface area contributed by atoms with Crippen molar-refractivity contribution in [3.63, 3.8) is 0 Å². The van der Waals surface area contributed by atoms with Crippen LogP contribution in [0, 0.1) is 5.92 Å².